The molecule has 0 unspecified atom stereocenters. The highest BCUT2D eigenvalue weighted by molar-refractivity contribution is 5.65. The number of nitrogens with zero attached hydrogens (tertiary/aromatic N) is 6. The number of halogens is 4. The van der Waals surface area contributed by atoms with Gasteiger partial charge >= 0.3 is 12.2 Å². The lowest BCUT2D eigenvalue weighted by atomic mass is 9.99. The monoisotopic (exact) mass is 304 g/mol. The van der Waals surface area contributed by atoms with Crippen LogP contribution in [0.5, 0.6) is 0 Å². The fraction of sp³-hybridized carbons (Fsp3) is 0. The van der Waals surface area contributed by atoms with E-state index >= 15 is 0 Å². The van der Waals surface area contributed by atoms with Crippen LogP contribution in [0.25, 0.3) is 0 Å². The summed E-state index contributed by atoms with van der Waals surface area (Å²) >= 11 is 0. The molecule has 0 rings (SSSR count). The molecule has 22 heavy (non-hydrogen) atoms. The van der Waals surface area contributed by atoms with E-state index in [-0.39, 0.29) is 0 Å². The summed E-state index contributed by atoms with van der Waals surface area (Å²) in [5.41, 5.74) is -2.35. The molecular weight excluding hydrogens is 304 g/mol. The smallest absolute Gasteiger partial charge is 0.192 e. The standard InChI is InChI=1S/C10N6.C2F4/c11-1-7(2-12)9(5-15)10(6-16)8(3-13)4-14;3-1(4)2(5)6. The Labute approximate surface area is 121 Å². The normalized spacial score (nSPS) is 6.82. The van der Waals surface area contributed by atoms with Crippen molar-refractivity contribution < 1.29 is 17.6 Å². The summed E-state index contributed by atoms with van der Waals surface area (Å²) in [6.45, 7) is 0. The van der Waals surface area contributed by atoms with E-state index in [2.05, 4.69) is 0 Å². The van der Waals surface area contributed by atoms with E-state index in [9.17, 15) is 17.6 Å². The van der Waals surface area contributed by atoms with Crippen LogP contribution in [0.2, 0.25) is 0 Å². The molecule has 0 spiro atoms. The van der Waals surface area contributed by atoms with Gasteiger partial charge in [-0.05, 0) is 0 Å². The molecule has 6 nitrogen and oxygen atoms in total. The summed E-state index contributed by atoms with van der Waals surface area (Å²) in [6.07, 6.45) is -5.81. The second-order valence-corrected chi connectivity index (χ2v) is 2.69. The molecule has 10 heteroatoms. The highest BCUT2D eigenvalue weighted by Crippen LogP contribution is 2.16. The topological polar surface area (TPSA) is 143 Å². The SMILES string of the molecule is FC(F)=C(F)F.N#CC(C#N)=C(C#N)C(C#N)=C(C#N)C#N. The fourth-order valence-corrected chi connectivity index (χ4v) is 0.747. The average Bonchev–Trinajstić information content (AvgIpc) is 2.51. The van der Waals surface area contributed by atoms with E-state index in [1.165, 1.54) is 36.4 Å². The molecule has 0 heterocycles. The van der Waals surface area contributed by atoms with Crippen LogP contribution < -0.4 is 0 Å². The number of hydrogen-bond donors (Lipinski definition) is 0. The maximum Gasteiger partial charge on any atom is 0.334 e. The van der Waals surface area contributed by atoms with Crippen LogP contribution in [0, 0.1) is 68.0 Å². The first-order chi connectivity index (χ1) is 10.3. The van der Waals surface area contributed by atoms with Gasteiger partial charge in [-0.25, -0.2) is 0 Å². The van der Waals surface area contributed by atoms with Crippen molar-refractivity contribution in [1.29, 1.82) is 31.6 Å². The highest BCUT2D eigenvalue weighted by atomic mass is 19.3. The Hall–Kier alpha value is -4.12. The third kappa shape index (κ3) is 6.17. The molecule has 0 aromatic carbocycles. The fourth-order valence-electron chi connectivity index (χ4n) is 0.747. The van der Waals surface area contributed by atoms with E-state index in [1.807, 2.05) is 0 Å². The number of rotatable bonds is 1. The predicted octanol–water partition coefficient (Wildman–Crippen LogP) is 2.71. The zero-order valence-corrected chi connectivity index (χ0v) is 10.2. The third-order valence-electron chi connectivity index (χ3n) is 1.56. The molecular formula is C12F4N6. The third-order valence-corrected chi connectivity index (χ3v) is 1.56. The molecule has 0 aliphatic carbocycles. The molecule has 0 aliphatic heterocycles. The lowest BCUT2D eigenvalue weighted by molar-refractivity contribution is 0.308. The Balaban J connectivity index is 0. The molecule has 0 aliphatic rings. The average molecular weight is 304 g/mol. The van der Waals surface area contributed by atoms with E-state index < -0.39 is 34.5 Å². The molecule has 0 radical (unpaired) electrons. The summed E-state index contributed by atoms with van der Waals surface area (Å²) in [5, 5.41) is 51.5. The largest absolute Gasteiger partial charge is 0.334 e. The van der Waals surface area contributed by atoms with E-state index in [1.54, 1.807) is 0 Å². The Morgan fingerprint density at radius 3 is 0.773 bits per heavy atom. The summed E-state index contributed by atoms with van der Waals surface area (Å²) in [5.74, 6) is 0. The number of hydrogen-bond acceptors (Lipinski definition) is 6. The van der Waals surface area contributed by atoms with Crippen molar-refractivity contribution in [3.63, 3.8) is 0 Å². The first-order valence-electron chi connectivity index (χ1n) is 4.60. The minimum Gasteiger partial charge on any atom is -0.192 e. The lowest BCUT2D eigenvalue weighted by Crippen LogP contribution is -1.93. The van der Waals surface area contributed by atoms with Gasteiger partial charge in [0.15, 0.2) is 0 Å². The lowest BCUT2D eigenvalue weighted by Gasteiger charge is -1.94. The van der Waals surface area contributed by atoms with E-state index in [0.717, 1.165) is 0 Å². The molecule has 0 N–H and O–H groups in total. The van der Waals surface area contributed by atoms with Crippen molar-refractivity contribution in [1.82, 2.24) is 0 Å². The Morgan fingerprint density at radius 1 is 0.455 bits per heavy atom. The zero-order chi connectivity index (χ0) is 17.7. The molecule has 0 atom stereocenters. The van der Waals surface area contributed by atoms with Gasteiger partial charge in [0.05, 0.1) is 0 Å². The van der Waals surface area contributed by atoms with Crippen molar-refractivity contribution >= 4 is 0 Å². The Morgan fingerprint density at radius 2 is 0.682 bits per heavy atom. The number of allylic oxidation sites excluding steroid dienone is 4. The molecule has 0 aromatic rings. The molecule has 0 fully saturated rings. The van der Waals surface area contributed by atoms with E-state index in [0.29, 0.717) is 0 Å². The van der Waals surface area contributed by atoms with Gasteiger partial charge in [0.2, 0.25) is 0 Å². The summed E-state index contributed by atoms with van der Waals surface area (Å²) in [6, 6.07) is 8.56. The second-order valence-electron chi connectivity index (χ2n) is 2.69. The Kier molecular flexibility index (Phi) is 9.89. The van der Waals surface area contributed by atoms with Gasteiger partial charge in [-0.1, -0.05) is 0 Å². The second kappa shape index (κ2) is 10.8. The van der Waals surface area contributed by atoms with Crippen molar-refractivity contribution in [2.24, 2.45) is 0 Å². The van der Waals surface area contributed by atoms with Gasteiger partial charge in [-0.15, -0.1) is 0 Å². The molecule has 0 saturated carbocycles. The van der Waals surface area contributed by atoms with E-state index in [4.69, 9.17) is 31.6 Å². The van der Waals surface area contributed by atoms with Crippen molar-refractivity contribution in [2.45, 2.75) is 0 Å². The summed E-state index contributed by atoms with van der Waals surface area (Å²) in [7, 11) is 0. The van der Waals surface area contributed by atoms with Crippen molar-refractivity contribution in [2.75, 3.05) is 0 Å². The minimum atomic E-state index is -2.91. The van der Waals surface area contributed by atoms with Crippen LogP contribution in [0.4, 0.5) is 17.6 Å². The molecule has 0 amide bonds. The summed E-state index contributed by atoms with van der Waals surface area (Å²) < 4.78 is 41.1. The first-order valence-corrected chi connectivity index (χ1v) is 4.60. The van der Waals surface area contributed by atoms with Crippen LogP contribution in [0.3, 0.4) is 0 Å². The molecule has 0 aromatic heterocycles. The zero-order valence-electron chi connectivity index (χ0n) is 10.2. The van der Waals surface area contributed by atoms with Crippen LogP contribution in [-0.2, 0) is 0 Å². The van der Waals surface area contributed by atoms with Gasteiger partial charge in [-0.2, -0.15) is 49.1 Å². The van der Waals surface area contributed by atoms with Crippen molar-refractivity contribution in [3.05, 3.63) is 34.5 Å². The predicted molar refractivity (Wildman–Crippen MR) is 59.2 cm³/mol. The molecule has 0 bridgehead atoms. The van der Waals surface area contributed by atoms with Gasteiger partial charge in [-0.3, -0.25) is 0 Å². The maximum absolute atomic E-state index is 10.3. The quantitative estimate of drug-likeness (QED) is 0.414. The minimum absolute atomic E-state index is 0.564. The van der Waals surface area contributed by atoms with Gasteiger partial charge in [0, 0.05) is 0 Å². The van der Waals surface area contributed by atoms with Gasteiger partial charge < -0.3 is 0 Å². The number of nitriles is 6. The van der Waals surface area contributed by atoms with Crippen LogP contribution in [0.1, 0.15) is 0 Å². The van der Waals surface area contributed by atoms with Gasteiger partial charge in [0.1, 0.15) is 58.7 Å². The maximum atomic E-state index is 10.3. The van der Waals surface area contributed by atoms with Crippen LogP contribution in [-0.4, -0.2) is 0 Å². The van der Waals surface area contributed by atoms with Crippen molar-refractivity contribution in [3.8, 4) is 36.4 Å². The van der Waals surface area contributed by atoms with Gasteiger partial charge in [0.25, 0.3) is 0 Å². The highest BCUT2D eigenvalue weighted by Gasteiger charge is 2.16. The molecule has 106 valence electrons. The summed E-state index contributed by atoms with van der Waals surface area (Å²) in [4.78, 5) is 0. The Bertz CT molecular complexity index is 685. The molecule has 0 saturated heterocycles. The first kappa shape index (κ1) is 20.2. The van der Waals surface area contributed by atoms with Crippen LogP contribution in [0.15, 0.2) is 34.5 Å². The van der Waals surface area contributed by atoms with Crippen LogP contribution >= 0.6 is 0 Å².